The second-order valence-electron chi connectivity index (χ2n) is 20.7. The van der Waals surface area contributed by atoms with Gasteiger partial charge in [0.1, 0.15) is 60.4 Å². The molecule has 83 heavy (non-hydrogen) atoms. The fourth-order valence-corrected chi connectivity index (χ4v) is 8.55. The number of nitrogens with one attached hydrogen (secondary N) is 11. The summed E-state index contributed by atoms with van der Waals surface area (Å²) in [6.45, 7) is 5.31. The molecule has 0 saturated carbocycles. The molecule has 0 bridgehead atoms. The fourth-order valence-electron chi connectivity index (χ4n) is 8.55. The number of amides is 11. The van der Waals surface area contributed by atoms with Crippen LogP contribution in [0.4, 0.5) is 0 Å². The zero-order valence-corrected chi connectivity index (χ0v) is 48.1. The number of benzene rings is 1. The van der Waals surface area contributed by atoms with Crippen molar-refractivity contribution in [1.82, 2.24) is 58.5 Å². The minimum atomic E-state index is -1.91. The molecule has 1 saturated heterocycles. The predicted molar refractivity (Wildman–Crippen MR) is 302 cm³/mol. The van der Waals surface area contributed by atoms with Gasteiger partial charge in [-0.1, -0.05) is 63.4 Å². The molecule has 14 atom stereocenters. The molecule has 0 spiro atoms. The van der Waals surface area contributed by atoms with Gasteiger partial charge in [0.2, 0.25) is 65.0 Å². The van der Waals surface area contributed by atoms with Crippen LogP contribution >= 0.6 is 0 Å². The third kappa shape index (κ3) is 25.2. The number of aliphatic hydroxyl groups excluding tert-OH is 4. The average Bonchev–Trinajstić information content (AvgIpc) is 3.45. The van der Waals surface area contributed by atoms with Gasteiger partial charge < -0.3 is 102 Å². The van der Waals surface area contributed by atoms with E-state index in [-0.39, 0.29) is 64.7 Å². The van der Waals surface area contributed by atoms with Crippen molar-refractivity contribution in [2.45, 2.75) is 184 Å². The standard InChI is InChI=1S/C53H91N15O15/c1-6-28(2)12-10-11-15-40(73)59-33(16-21-54)47(77)67-43(31(5)72)53(83)65-39(27-69)50(80)62-37-20-25-58-51(81)41(29(3)70)66-48(78)36(19-24-57)61-44(74)35(18-23-56)63-52(82)42(30(4)71)68-49(79)38(26-32-13-8-7-9-14-32)64-45(75)34(17-22-55)60-46(37)76/h7-9,13-14,28-31,33-39,41-43,69-72H,6,10-12,15-27,54-57H2,1-5H3,(H,58,81)(H,59,73)(H,60,76)(H,61,74)(H,62,80)(H,63,82)(H,64,75)(H,65,83)(H,66,78)(H,67,77)(H,68,79)/t28?,29-,30-,31-,33+,34?,35+,36+,37?,38-,39-,41?,42+,43+/m1/s1. The molecule has 468 valence electrons. The van der Waals surface area contributed by atoms with Crippen molar-refractivity contribution in [3.8, 4) is 0 Å². The summed E-state index contributed by atoms with van der Waals surface area (Å²) in [7, 11) is 0. The van der Waals surface area contributed by atoms with Crippen LogP contribution in [0.5, 0.6) is 0 Å². The zero-order valence-electron chi connectivity index (χ0n) is 48.1. The van der Waals surface area contributed by atoms with E-state index in [1.54, 1.807) is 30.3 Å². The van der Waals surface area contributed by atoms with Crippen LogP contribution in [0, 0.1) is 5.92 Å². The van der Waals surface area contributed by atoms with Gasteiger partial charge in [0, 0.05) is 19.4 Å². The molecule has 11 amide bonds. The molecule has 1 heterocycles. The molecule has 0 aliphatic carbocycles. The molecule has 1 aromatic carbocycles. The van der Waals surface area contributed by atoms with Gasteiger partial charge in [-0.15, -0.1) is 0 Å². The summed E-state index contributed by atoms with van der Waals surface area (Å²) in [6, 6.07) is -8.01. The van der Waals surface area contributed by atoms with E-state index in [4.69, 9.17) is 22.9 Å². The number of carbonyl (C=O) groups is 11. The van der Waals surface area contributed by atoms with E-state index in [9.17, 15) is 73.2 Å². The normalized spacial score (nSPS) is 23.5. The van der Waals surface area contributed by atoms with Crippen LogP contribution in [0.15, 0.2) is 30.3 Å². The molecule has 23 N–H and O–H groups in total. The Labute approximate surface area is 483 Å². The molecular formula is C53H91N15O15. The molecule has 0 radical (unpaired) electrons. The predicted octanol–water partition coefficient (Wildman–Crippen LogP) is -7.27. The van der Waals surface area contributed by atoms with E-state index in [1.807, 2.05) is 0 Å². The highest BCUT2D eigenvalue weighted by molar-refractivity contribution is 5.99. The van der Waals surface area contributed by atoms with E-state index >= 15 is 0 Å². The summed E-state index contributed by atoms with van der Waals surface area (Å²) in [5, 5.41) is 69.3. The van der Waals surface area contributed by atoms with Crippen LogP contribution in [0.2, 0.25) is 0 Å². The third-order valence-corrected chi connectivity index (χ3v) is 13.7. The van der Waals surface area contributed by atoms with Crippen molar-refractivity contribution in [3.05, 3.63) is 35.9 Å². The van der Waals surface area contributed by atoms with E-state index in [0.29, 0.717) is 17.9 Å². The van der Waals surface area contributed by atoms with Crippen LogP contribution < -0.4 is 81.4 Å². The Kier molecular flexibility index (Phi) is 33.1. The van der Waals surface area contributed by atoms with Crippen LogP contribution in [0.3, 0.4) is 0 Å². The summed E-state index contributed by atoms with van der Waals surface area (Å²) in [5.41, 5.74) is 23.7. The average molecular weight is 1180 g/mol. The maximum Gasteiger partial charge on any atom is 0.245 e. The molecule has 30 nitrogen and oxygen atoms in total. The Bertz CT molecular complexity index is 2280. The van der Waals surface area contributed by atoms with Gasteiger partial charge in [-0.3, -0.25) is 52.7 Å². The highest BCUT2D eigenvalue weighted by Gasteiger charge is 2.38. The SMILES string of the molecule is CCC(C)CCCCC(=O)N[C@@H](CCN)C(=O)N[C@H](C(=O)N[C@H](CO)C(=O)NC1CCNC(=O)C([C@@H](C)O)NC(=O)[C@H](CCN)NC(=O)[C@H](CCN)NC(=O)[C@H]([C@@H](C)O)NC(=O)[C@@H](Cc2ccccc2)NC(=O)C(CCN)NC1=O)[C@@H](C)O. The number of hydrogen-bond acceptors (Lipinski definition) is 19. The van der Waals surface area contributed by atoms with E-state index in [0.717, 1.165) is 33.1 Å². The van der Waals surface area contributed by atoms with E-state index in [2.05, 4.69) is 72.3 Å². The maximum atomic E-state index is 14.4. The Hall–Kier alpha value is -6.93. The number of carbonyl (C=O) groups excluding carboxylic acids is 11. The molecule has 4 unspecified atom stereocenters. The lowest BCUT2D eigenvalue weighted by Gasteiger charge is -2.29. The van der Waals surface area contributed by atoms with Gasteiger partial charge in [-0.25, -0.2) is 0 Å². The van der Waals surface area contributed by atoms with Crippen LogP contribution in [0.1, 0.15) is 104 Å². The monoisotopic (exact) mass is 1180 g/mol. The first-order valence-corrected chi connectivity index (χ1v) is 28.2. The minimum absolute atomic E-state index is 0.0500. The summed E-state index contributed by atoms with van der Waals surface area (Å²) in [5.74, 6) is -10.5. The second-order valence-corrected chi connectivity index (χ2v) is 20.7. The van der Waals surface area contributed by atoms with Crippen LogP contribution in [-0.2, 0) is 59.2 Å². The lowest BCUT2D eigenvalue weighted by Crippen LogP contribution is -2.63. The van der Waals surface area contributed by atoms with Gasteiger partial charge in [-0.05, 0) is 97.0 Å². The van der Waals surface area contributed by atoms with Crippen molar-refractivity contribution in [2.24, 2.45) is 28.9 Å². The molecule has 1 aliphatic rings. The Morgan fingerprint density at radius 2 is 1.08 bits per heavy atom. The Morgan fingerprint density at radius 1 is 0.578 bits per heavy atom. The second kappa shape index (κ2) is 38.0. The summed E-state index contributed by atoms with van der Waals surface area (Å²) in [4.78, 5) is 152. The summed E-state index contributed by atoms with van der Waals surface area (Å²) in [6.07, 6.45) is -3.06. The molecule has 2 rings (SSSR count). The summed E-state index contributed by atoms with van der Waals surface area (Å²) < 4.78 is 0. The van der Waals surface area contributed by atoms with Crippen LogP contribution in [-0.4, -0.2) is 203 Å². The van der Waals surface area contributed by atoms with E-state index in [1.165, 1.54) is 6.92 Å². The van der Waals surface area contributed by atoms with Crippen molar-refractivity contribution < 1.29 is 73.2 Å². The Morgan fingerprint density at radius 3 is 1.59 bits per heavy atom. The molecular weight excluding hydrogens is 1090 g/mol. The lowest BCUT2D eigenvalue weighted by molar-refractivity contribution is -0.137. The molecule has 0 aromatic heterocycles. The smallest absolute Gasteiger partial charge is 0.245 e. The number of rotatable bonds is 27. The number of unbranched alkanes of at least 4 members (excludes halogenated alkanes) is 1. The highest BCUT2D eigenvalue weighted by Crippen LogP contribution is 2.13. The van der Waals surface area contributed by atoms with Gasteiger partial charge in [0.15, 0.2) is 0 Å². The van der Waals surface area contributed by atoms with E-state index < -0.39 is 163 Å². The van der Waals surface area contributed by atoms with Crippen LogP contribution in [0.25, 0.3) is 0 Å². The van der Waals surface area contributed by atoms with Crippen molar-refractivity contribution in [3.63, 3.8) is 0 Å². The number of aliphatic hydroxyl groups is 4. The highest BCUT2D eigenvalue weighted by atomic mass is 16.3. The maximum absolute atomic E-state index is 14.4. The first-order valence-electron chi connectivity index (χ1n) is 28.2. The number of nitrogens with two attached hydrogens (primary N) is 4. The van der Waals surface area contributed by atoms with Gasteiger partial charge >= 0.3 is 0 Å². The van der Waals surface area contributed by atoms with Crippen molar-refractivity contribution in [1.29, 1.82) is 0 Å². The third-order valence-electron chi connectivity index (χ3n) is 13.7. The summed E-state index contributed by atoms with van der Waals surface area (Å²) >= 11 is 0. The zero-order chi connectivity index (χ0) is 62.3. The van der Waals surface area contributed by atoms with Crippen molar-refractivity contribution >= 4 is 65.0 Å². The first-order chi connectivity index (χ1) is 39.3. The van der Waals surface area contributed by atoms with Gasteiger partial charge in [0.05, 0.1) is 24.9 Å². The fraction of sp³-hybridized carbons (Fsp3) is 0.679. The number of hydrogen-bond donors (Lipinski definition) is 19. The van der Waals surface area contributed by atoms with Gasteiger partial charge in [0.25, 0.3) is 0 Å². The van der Waals surface area contributed by atoms with Gasteiger partial charge in [-0.2, -0.15) is 0 Å². The molecule has 1 aromatic rings. The Balaban J connectivity index is 2.63. The quantitative estimate of drug-likeness (QED) is 0.0364. The van der Waals surface area contributed by atoms with Crippen molar-refractivity contribution in [2.75, 3.05) is 39.3 Å². The minimum Gasteiger partial charge on any atom is -0.394 e. The molecule has 1 fully saturated rings. The lowest BCUT2D eigenvalue weighted by atomic mass is 10.0. The first kappa shape index (κ1) is 72.2. The topological polar surface area (TPSA) is 505 Å². The molecule has 30 heteroatoms. The largest absolute Gasteiger partial charge is 0.394 e. The molecule has 1 aliphatic heterocycles.